The molecule has 0 bridgehead atoms. The average molecular weight is 339 g/mol. The van der Waals surface area contributed by atoms with Crippen LogP contribution in [0.4, 0.5) is 0 Å². The highest BCUT2D eigenvalue weighted by atomic mass is 35.5. The summed E-state index contributed by atoms with van der Waals surface area (Å²) >= 11 is 5.96. The lowest BCUT2D eigenvalue weighted by atomic mass is 10.0. The van der Waals surface area contributed by atoms with Crippen molar-refractivity contribution in [2.75, 3.05) is 13.1 Å². The molecule has 2 rings (SSSR count). The van der Waals surface area contributed by atoms with Gasteiger partial charge in [-0.05, 0) is 36.5 Å². The molecule has 1 aromatic carbocycles. The number of hydrogen-bond acceptors (Lipinski definition) is 3. The van der Waals surface area contributed by atoms with Crippen molar-refractivity contribution in [3.8, 4) is 5.75 Å². The zero-order valence-electron chi connectivity index (χ0n) is 13.1. The van der Waals surface area contributed by atoms with E-state index >= 15 is 0 Å². The fourth-order valence-electron chi connectivity index (χ4n) is 2.87. The van der Waals surface area contributed by atoms with Crippen LogP contribution >= 0.6 is 11.6 Å². The number of amides is 2. The molecule has 1 aromatic rings. The summed E-state index contributed by atoms with van der Waals surface area (Å²) in [6.07, 6.45) is 5.50. The van der Waals surface area contributed by atoms with Crippen LogP contribution in [0.3, 0.4) is 0 Å². The molecule has 1 saturated carbocycles. The van der Waals surface area contributed by atoms with Gasteiger partial charge in [0.05, 0.1) is 6.42 Å². The fraction of sp³-hybridized carbons (Fsp3) is 0.529. The number of nitrogens with one attached hydrogen (secondary N) is 2. The number of aromatic hydroxyl groups is 1. The lowest BCUT2D eigenvalue weighted by molar-refractivity contribution is -0.123. The van der Waals surface area contributed by atoms with E-state index in [2.05, 4.69) is 10.6 Å². The molecule has 2 amide bonds. The molecule has 3 N–H and O–H groups in total. The van der Waals surface area contributed by atoms with Crippen molar-refractivity contribution < 1.29 is 14.7 Å². The van der Waals surface area contributed by atoms with Gasteiger partial charge in [-0.2, -0.15) is 0 Å². The van der Waals surface area contributed by atoms with Crippen molar-refractivity contribution in [3.63, 3.8) is 0 Å². The highest BCUT2D eigenvalue weighted by molar-refractivity contribution is 6.31. The lowest BCUT2D eigenvalue weighted by Gasteiger charge is -2.10. The van der Waals surface area contributed by atoms with Gasteiger partial charge in [0.2, 0.25) is 11.8 Å². The zero-order chi connectivity index (χ0) is 16.7. The molecule has 0 heterocycles. The molecule has 1 fully saturated rings. The van der Waals surface area contributed by atoms with Gasteiger partial charge in [-0.15, -0.1) is 0 Å². The lowest BCUT2D eigenvalue weighted by Crippen LogP contribution is -2.35. The van der Waals surface area contributed by atoms with E-state index in [0.29, 0.717) is 36.0 Å². The normalized spacial score (nSPS) is 14.7. The Hall–Kier alpha value is -1.75. The van der Waals surface area contributed by atoms with Crippen molar-refractivity contribution in [2.45, 2.75) is 38.5 Å². The Bertz CT molecular complexity index is 557. The largest absolute Gasteiger partial charge is 0.508 e. The first kappa shape index (κ1) is 17.6. The molecule has 0 unspecified atom stereocenters. The second-order valence-corrected chi connectivity index (χ2v) is 6.41. The van der Waals surface area contributed by atoms with Crippen LogP contribution in [0.2, 0.25) is 5.02 Å². The van der Waals surface area contributed by atoms with E-state index in [1.54, 1.807) is 6.07 Å². The monoisotopic (exact) mass is 338 g/mol. The predicted molar refractivity (Wildman–Crippen MR) is 89.4 cm³/mol. The van der Waals surface area contributed by atoms with Crippen LogP contribution in [0, 0.1) is 5.92 Å². The Kier molecular flexibility index (Phi) is 6.71. The van der Waals surface area contributed by atoms with Crippen molar-refractivity contribution in [3.05, 3.63) is 28.8 Å². The summed E-state index contributed by atoms with van der Waals surface area (Å²) in [6.45, 7) is 0.825. The van der Waals surface area contributed by atoms with Gasteiger partial charge in [0, 0.05) is 24.5 Å². The average Bonchev–Trinajstić information content (AvgIpc) is 2.99. The van der Waals surface area contributed by atoms with Crippen LogP contribution in [-0.2, 0) is 16.0 Å². The van der Waals surface area contributed by atoms with Gasteiger partial charge in [0.1, 0.15) is 5.75 Å². The quantitative estimate of drug-likeness (QED) is 0.668. The second-order valence-electron chi connectivity index (χ2n) is 6.01. The van der Waals surface area contributed by atoms with E-state index in [1.807, 2.05) is 0 Å². The molecule has 1 aliphatic rings. The van der Waals surface area contributed by atoms with Gasteiger partial charge in [0.15, 0.2) is 0 Å². The number of hydrogen-bond donors (Lipinski definition) is 3. The van der Waals surface area contributed by atoms with Gasteiger partial charge in [-0.1, -0.05) is 30.5 Å². The first-order valence-electron chi connectivity index (χ1n) is 8.05. The number of halogens is 1. The predicted octanol–water partition coefficient (Wildman–Crippen LogP) is 2.40. The number of benzene rings is 1. The van der Waals surface area contributed by atoms with Gasteiger partial charge in [-0.3, -0.25) is 9.59 Å². The molecule has 0 aromatic heterocycles. The molecular weight excluding hydrogens is 316 g/mol. The first-order chi connectivity index (χ1) is 11.0. The maximum atomic E-state index is 11.8. The summed E-state index contributed by atoms with van der Waals surface area (Å²) in [4.78, 5) is 23.6. The number of rotatable bonds is 7. The smallest absolute Gasteiger partial charge is 0.224 e. The summed E-state index contributed by atoms with van der Waals surface area (Å²) in [5, 5.41) is 15.2. The third-order valence-electron chi connectivity index (χ3n) is 4.11. The molecule has 0 aliphatic heterocycles. The molecule has 0 spiro atoms. The van der Waals surface area contributed by atoms with Gasteiger partial charge >= 0.3 is 0 Å². The molecule has 23 heavy (non-hydrogen) atoms. The Morgan fingerprint density at radius 2 is 1.78 bits per heavy atom. The molecular formula is C17H23ClN2O3. The molecule has 0 atom stereocenters. The Labute approximate surface area is 141 Å². The molecule has 5 nitrogen and oxygen atoms in total. The minimum absolute atomic E-state index is 0.0627. The topological polar surface area (TPSA) is 78.4 Å². The van der Waals surface area contributed by atoms with E-state index in [-0.39, 0.29) is 24.0 Å². The fourth-order valence-corrected chi connectivity index (χ4v) is 3.11. The highest BCUT2D eigenvalue weighted by Gasteiger charge is 2.18. The van der Waals surface area contributed by atoms with Crippen molar-refractivity contribution in [1.29, 1.82) is 0 Å². The molecule has 0 saturated heterocycles. The van der Waals surface area contributed by atoms with Crippen molar-refractivity contribution in [1.82, 2.24) is 10.6 Å². The van der Waals surface area contributed by atoms with Gasteiger partial charge in [0.25, 0.3) is 0 Å². The van der Waals surface area contributed by atoms with Crippen LogP contribution in [-0.4, -0.2) is 30.0 Å². The Balaban J connectivity index is 1.61. The first-order valence-corrected chi connectivity index (χ1v) is 8.43. The maximum absolute atomic E-state index is 11.8. The van der Waals surface area contributed by atoms with E-state index in [0.717, 1.165) is 12.8 Å². The van der Waals surface area contributed by atoms with Gasteiger partial charge < -0.3 is 15.7 Å². The molecule has 126 valence electrons. The van der Waals surface area contributed by atoms with Crippen LogP contribution < -0.4 is 10.6 Å². The number of carbonyl (C=O) groups is 2. The maximum Gasteiger partial charge on any atom is 0.224 e. The third kappa shape index (κ3) is 6.10. The minimum atomic E-state index is -0.164. The molecule has 1 aliphatic carbocycles. The standard InChI is InChI=1S/C17H23ClN2O3/c18-15-11-14(21)6-5-13(15)10-17(23)20-8-7-19-16(22)9-12-3-1-2-4-12/h5-6,11-12,21H,1-4,7-10H2,(H,19,22)(H,20,23). The van der Waals surface area contributed by atoms with Crippen LogP contribution in [0.5, 0.6) is 5.75 Å². The van der Waals surface area contributed by atoms with E-state index < -0.39 is 0 Å². The summed E-state index contributed by atoms with van der Waals surface area (Å²) in [5.41, 5.74) is 0.659. The third-order valence-corrected chi connectivity index (χ3v) is 4.46. The second kappa shape index (κ2) is 8.77. The van der Waals surface area contributed by atoms with E-state index in [4.69, 9.17) is 11.6 Å². The van der Waals surface area contributed by atoms with E-state index in [9.17, 15) is 14.7 Å². The highest BCUT2D eigenvalue weighted by Crippen LogP contribution is 2.27. The van der Waals surface area contributed by atoms with Crippen LogP contribution in [0.1, 0.15) is 37.7 Å². The zero-order valence-corrected chi connectivity index (χ0v) is 13.9. The number of phenols is 1. The van der Waals surface area contributed by atoms with Crippen LogP contribution in [0.25, 0.3) is 0 Å². The Morgan fingerprint density at radius 1 is 1.13 bits per heavy atom. The summed E-state index contributed by atoms with van der Waals surface area (Å²) in [7, 11) is 0. The van der Waals surface area contributed by atoms with Crippen LogP contribution in [0.15, 0.2) is 18.2 Å². The minimum Gasteiger partial charge on any atom is -0.508 e. The summed E-state index contributed by atoms with van der Waals surface area (Å²) < 4.78 is 0. The summed E-state index contributed by atoms with van der Waals surface area (Å²) in [6, 6.07) is 4.53. The SMILES string of the molecule is O=C(Cc1ccc(O)cc1Cl)NCCNC(=O)CC1CCCC1. The molecule has 6 heteroatoms. The molecule has 0 radical (unpaired) electrons. The van der Waals surface area contributed by atoms with E-state index in [1.165, 1.54) is 25.0 Å². The van der Waals surface area contributed by atoms with Crippen molar-refractivity contribution >= 4 is 23.4 Å². The summed E-state index contributed by atoms with van der Waals surface area (Å²) in [5.74, 6) is 0.501. The number of carbonyl (C=O) groups excluding carboxylic acids is 2. The number of phenolic OH excluding ortho intramolecular Hbond substituents is 1. The van der Waals surface area contributed by atoms with Gasteiger partial charge in [-0.25, -0.2) is 0 Å². The van der Waals surface area contributed by atoms with Crippen molar-refractivity contribution in [2.24, 2.45) is 5.92 Å². The Morgan fingerprint density at radius 3 is 2.43 bits per heavy atom.